The van der Waals surface area contributed by atoms with Crippen molar-refractivity contribution in [2.24, 2.45) is 0 Å². The molecular weight excluding hydrogens is 326 g/mol. The Hall–Kier alpha value is -1.19. The highest BCUT2D eigenvalue weighted by Gasteiger charge is 2.04. The Bertz CT molecular complexity index is 566. The van der Waals surface area contributed by atoms with Gasteiger partial charge in [-0.3, -0.25) is 0 Å². The molecule has 0 aliphatic rings. The summed E-state index contributed by atoms with van der Waals surface area (Å²) in [6, 6.07) is 11.8. The molecule has 0 heterocycles. The van der Waals surface area contributed by atoms with Gasteiger partial charge >= 0.3 is 0 Å². The average Bonchev–Trinajstić information content (AvgIpc) is 2.35. The fraction of sp³-hybridized carbons (Fsp3) is 0.200. The van der Waals surface area contributed by atoms with E-state index in [1.165, 1.54) is 5.56 Å². The molecule has 0 aliphatic carbocycles. The van der Waals surface area contributed by atoms with Gasteiger partial charge in [-0.1, -0.05) is 27.5 Å². The number of rotatable bonds is 4. The van der Waals surface area contributed by atoms with Gasteiger partial charge in [0.2, 0.25) is 0 Å². The number of ether oxygens (including phenoxy) is 1. The maximum absolute atomic E-state index is 6.02. The molecule has 2 aromatic carbocycles. The molecule has 2 nitrogen and oxygen atoms in total. The average molecular weight is 341 g/mol. The lowest BCUT2D eigenvalue weighted by Gasteiger charge is -2.12. The van der Waals surface area contributed by atoms with Gasteiger partial charge in [0, 0.05) is 27.3 Å². The predicted octanol–water partition coefficient (Wildman–Crippen LogP) is 5.03. The Labute approximate surface area is 126 Å². The third kappa shape index (κ3) is 3.88. The topological polar surface area (TPSA) is 21.3 Å². The van der Waals surface area contributed by atoms with Crippen LogP contribution in [0.4, 0.5) is 5.69 Å². The number of nitrogens with one attached hydrogen (secondary N) is 1. The Morgan fingerprint density at radius 3 is 2.68 bits per heavy atom. The van der Waals surface area contributed by atoms with E-state index in [1.54, 1.807) is 7.11 Å². The zero-order valence-corrected chi connectivity index (χ0v) is 13.2. The Balaban J connectivity index is 2.16. The van der Waals surface area contributed by atoms with Crippen LogP contribution in [0.25, 0.3) is 0 Å². The molecule has 0 aliphatic heterocycles. The SMILES string of the molecule is COc1ccc(Cl)cc1CNc1cc(C)cc(Br)c1. The zero-order valence-electron chi connectivity index (χ0n) is 10.8. The summed E-state index contributed by atoms with van der Waals surface area (Å²) in [6.45, 7) is 2.73. The number of aryl methyl sites for hydroxylation is 1. The van der Waals surface area contributed by atoms with Gasteiger partial charge in [-0.25, -0.2) is 0 Å². The van der Waals surface area contributed by atoms with Crippen molar-refractivity contribution < 1.29 is 4.74 Å². The summed E-state index contributed by atoms with van der Waals surface area (Å²) in [5.74, 6) is 0.837. The lowest BCUT2D eigenvalue weighted by molar-refractivity contribution is 0.410. The quantitative estimate of drug-likeness (QED) is 0.842. The molecule has 0 amide bonds. The van der Waals surface area contributed by atoms with Crippen LogP contribution in [0.15, 0.2) is 40.9 Å². The maximum Gasteiger partial charge on any atom is 0.123 e. The van der Waals surface area contributed by atoms with Crippen molar-refractivity contribution in [3.8, 4) is 5.75 Å². The fourth-order valence-corrected chi connectivity index (χ4v) is 2.72. The highest BCUT2D eigenvalue weighted by atomic mass is 79.9. The Kier molecular flexibility index (Phi) is 4.72. The molecule has 0 spiro atoms. The molecular formula is C15H15BrClNO. The molecule has 0 fully saturated rings. The van der Waals surface area contributed by atoms with E-state index in [-0.39, 0.29) is 0 Å². The van der Waals surface area contributed by atoms with Crippen molar-refractivity contribution in [1.82, 2.24) is 0 Å². The van der Waals surface area contributed by atoms with Gasteiger partial charge in [-0.2, -0.15) is 0 Å². The van der Waals surface area contributed by atoms with Gasteiger partial charge in [-0.05, 0) is 48.9 Å². The number of halogens is 2. The summed E-state index contributed by atoms with van der Waals surface area (Å²) in [5.41, 5.74) is 3.30. The molecule has 1 N–H and O–H groups in total. The summed E-state index contributed by atoms with van der Waals surface area (Å²) in [7, 11) is 1.66. The number of methoxy groups -OCH3 is 1. The number of anilines is 1. The first-order valence-corrected chi connectivity index (χ1v) is 7.09. The highest BCUT2D eigenvalue weighted by Crippen LogP contribution is 2.25. The van der Waals surface area contributed by atoms with Crippen LogP contribution < -0.4 is 10.1 Å². The first kappa shape index (κ1) is 14.2. The summed E-state index contributed by atoms with van der Waals surface area (Å²) in [6.07, 6.45) is 0. The van der Waals surface area contributed by atoms with Crippen LogP contribution in [-0.2, 0) is 6.54 Å². The summed E-state index contributed by atoms with van der Waals surface area (Å²) in [5, 5.41) is 4.09. The van der Waals surface area contributed by atoms with E-state index in [0.717, 1.165) is 21.5 Å². The van der Waals surface area contributed by atoms with E-state index in [9.17, 15) is 0 Å². The monoisotopic (exact) mass is 339 g/mol. The van der Waals surface area contributed by atoms with Gasteiger partial charge in [-0.15, -0.1) is 0 Å². The van der Waals surface area contributed by atoms with Crippen molar-refractivity contribution >= 4 is 33.2 Å². The standard InChI is InChI=1S/C15H15BrClNO/c1-10-5-12(16)8-14(6-10)18-9-11-7-13(17)3-4-15(11)19-2/h3-8,18H,9H2,1-2H3. The molecule has 2 aromatic rings. The van der Waals surface area contributed by atoms with Crippen molar-refractivity contribution in [3.63, 3.8) is 0 Å². The smallest absolute Gasteiger partial charge is 0.123 e. The molecule has 0 radical (unpaired) electrons. The third-order valence-electron chi connectivity index (χ3n) is 2.77. The van der Waals surface area contributed by atoms with Crippen molar-refractivity contribution in [2.45, 2.75) is 13.5 Å². The predicted molar refractivity (Wildman–Crippen MR) is 84.2 cm³/mol. The van der Waals surface area contributed by atoms with Crippen LogP contribution in [0.5, 0.6) is 5.75 Å². The van der Waals surface area contributed by atoms with Crippen LogP contribution in [0.3, 0.4) is 0 Å². The second-order valence-electron chi connectivity index (χ2n) is 4.33. The van der Waals surface area contributed by atoms with Gasteiger partial charge in [0.15, 0.2) is 0 Å². The minimum absolute atomic E-state index is 0.666. The van der Waals surface area contributed by atoms with Crippen LogP contribution in [0.2, 0.25) is 5.02 Å². The normalized spacial score (nSPS) is 10.3. The van der Waals surface area contributed by atoms with Crippen molar-refractivity contribution in [1.29, 1.82) is 0 Å². The lowest BCUT2D eigenvalue weighted by Crippen LogP contribution is -2.02. The van der Waals surface area contributed by atoms with E-state index >= 15 is 0 Å². The Morgan fingerprint density at radius 1 is 1.21 bits per heavy atom. The fourth-order valence-electron chi connectivity index (χ4n) is 1.92. The lowest BCUT2D eigenvalue weighted by atomic mass is 10.2. The first-order valence-electron chi connectivity index (χ1n) is 5.92. The van der Waals surface area contributed by atoms with Gasteiger partial charge in [0.1, 0.15) is 5.75 Å². The van der Waals surface area contributed by atoms with E-state index in [1.807, 2.05) is 24.3 Å². The minimum atomic E-state index is 0.666. The molecule has 0 saturated heterocycles. The van der Waals surface area contributed by atoms with Gasteiger partial charge in [0.05, 0.1) is 7.11 Å². The minimum Gasteiger partial charge on any atom is -0.496 e. The molecule has 0 atom stereocenters. The summed E-state index contributed by atoms with van der Waals surface area (Å²) in [4.78, 5) is 0. The molecule has 19 heavy (non-hydrogen) atoms. The molecule has 100 valence electrons. The third-order valence-corrected chi connectivity index (χ3v) is 3.46. The van der Waals surface area contributed by atoms with Gasteiger partial charge < -0.3 is 10.1 Å². The molecule has 2 rings (SSSR count). The molecule has 0 unspecified atom stereocenters. The number of hydrogen-bond acceptors (Lipinski definition) is 2. The number of hydrogen-bond donors (Lipinski definition) is 1. The van der Waals surface area contributed by atoms with Crippen LogP contribution in [-0.4, -0.2) is 7.11 Å². The van der Waals surface area contributed by atoms with Crippen LogP contribution >= 0.6 is 27.5 Å². The maximum atomic E-state index is 6.02. The summed E-state index contributed by atoms with van der Waals surface area (Å²) >= 11 is 9.51. The first-order chi connectivity index (χ1) is 9.08. The molecule has 0 saturated carbocycles. The number of benzene rings is 2. The highest BCUT2D eigenvalue weighted by molar-refractivity contribution is 9.10. The van der Waals surface area contributed by atoms with Crippen molar-refractivity contribution in [3.05, 3.63) is 57.0 Å². The van der Waals surface area contributed by atoms with E-state index in [2.05, 4.69) is 40.3 Å². The van der Waals surface area contributed by atoms with Crippen molar-refractivity contribution in [2.75, 3.05) is 12.4 Å². The largest absolute Gasteiger partial charge is 0.496 e. The Morgan fingerprint density at radius 2 is 2.00 bits per heavy atom. The van der Waals surface area contributed by atoms with E-state index in [0.29, 0.717) is 11.6 Å². The van der Waals surface area contributed by atoms with Crippen LogP contribution in [0, 0.1) is 6.92 Å². The molecule has 4 heteroatoms. The van der Waals surface area contributed by atoms with E-state index < -0.39 is 0 Å². The second-order valence-corrected chi connectivity index (χ2v) is 5.68. The zero-order chi connectivity index (χ0) is 13.8. The van der Waals surface area contributed by atoms with Gasteiger partial charge in [0.25, 0.3) is 0 Å². The second kappa shape index (κ2) is 6.31. The summed E-state index contributed by atoms with van der Waals surface area (Å²) < 4.78 is 6.39. The van der Waals surface area contributed by atoms with Crippen LogP contribution in [0.1, 0.15) is 11.1 Å². The van der Waals surface area contributed by atoms with E-state index in [4.69, 9.17) is 16.3 Å². The molecule has 0 aromatic heterocycles. The molecule has 0 bridgehead atoms.